The van der Waals surface area contributed by atoms with Crippen molar-refractivity contribution in [3.05, 3.63) is 59.5 Å². The minimum Gasteiger partial charge on any atom is -0.468 e. The van der Waals surface area contributed by atoms with Crippen LogP contribution >= 0.6 is 0 Å². The molecule has 0 radical (unpaired) electrons. The van der Waals surface area contributed by atoms with E-state index in [0.29, 0.717) is 0 Å². The van der Waals surface area contributed by atoms with E-state index in [-0.39, 0.29) is 6.04 Å². The minimum absolute atomic E-state index is 0.237. The van der Waals surface area contributed by atoms with Crippen LogP contribution in [0.2, 0.25) is 0 Å². The Morgan fingerprint density at radius 3 is 2.43 bits per heavy atom. The molecule has 2 aromatic rings. The molecule has 3 rings (SSSR count). The Bertz CT molecular complexity index is 718. The summed E-state index contributed by atoms with van der Waals surface area (Å²) in [5.41, 5.74) is 2.57. The molecule has 0 aliphatic carbocycles. The third-order valence-corrected chi connectivity index (χ3v) is 5.12. The molecule has 1 atom stereocenters. The first-order valence-corrected chi connectivity index (χ1v) is 10.1. The van der Waals surface area contributed by atoms with Gasteiger partial charge in [-0.15, -0.1) is 0 Å². The molecule has 1 aromatic carbocycles. The molecule has 0 spiro atoms. The molecule has 6 nitrogen and oxygen atoms in total. The highest BCUT2D eigenvalue weighted by atomic mass is 16.3. The van der Waals surface area contributed by atoms with Crippen molar-refractivity contribution in [2.45, 2.75) is 32.0 Å². The molecule has 1 fully saturated rings. The number of likely N-dealkylation sites (tertiary alicyclic amines) is 1. The van der Waals surface area contributed by atoms with E-state index in [1.54, 1.807) is 6.26 Å². The van der Waals surface area contributed by atoms with Crippen molar-refractivity contribution in [2.24, 2.45) is 4.99 Å². The lowest BCUT2D eigenvalue weighted by Gasteiger charge is -2.26. The summed E-state index contributed by atoms with van der Waals surface area (Å²) in [4.78, 5) is 9.04. The number of rotatable bonds is 8. The average molecular weight is 384 g/mol. The lowest BCUT2D eigenvalue weighted by Crippen LogP contribution is -2.42. The monoisotopic (exact) mass is 383 g/mol. The SMILES string of the molecule is CN=C(NCc1ccc(CN(C)C)cc1)NCC(c1ccco1)N1CCCC1. The molecule has 1 aliphatic heterocycles. The van der Waals surface area contributed by atoms with Crippen LogP contribution in [0.3, 0.4) is 0 Å². The van der Waals surface area contributed by atoms with Crippen molar-refractivity contribution in [1.82, 2.24) is 20.4 Å². The van der Waals surface area contributed by atoms with E-state index in [9.17, 15) is 0 Å². The topological polar surface area (TPSA) is 56.0 Å². The summed E-state index contributed by atoms with van der Waals surface area (Å²) in [6.07, 6.45) is 4.27. The molecule has 152 valence electrons. The molecule has 1 aromatic heterocycles. The fourth-order valence-corrected chi connectivity index (χ4v) is 3.67. The second kappa shape index (κ2) is 10.3. The largest absolute Gasteiger partial charge is 0.468 e. The molecule has 0 bridgehead atoms. The molecular weight excluding hydrogens is 350 g/mol. The van der Waals surface area contributed by atoms with Crippen LogP contribution in [0, 0.1) is 0 Å². The average Bonchev–Trinajstić information content (AvgIpc) is 3.40. The highest BCUT2D eigenvalue weighted by molar-refractivity contribution is 5.79. The Labute approximate surface area is 168 Å². The van der Waals surface area contributed by atoms with Crippen LogP contribution < -0.4 is 10.6 Å². The third-order valence-electron chi connectivity index (χ3n) is 5.12. The van der Waals surface area contributed by atoms with Gasteiger partial charge in [0.1, 0.15) is 5.76 Å². The van der Waals surface area contributed by atoms with Crippen molar-refractivity contribution < 1.29 is 4.42 Å². The van der Waals surface area contributed by atoms with Gasteiger partial charge >= 0.3 is 0 Å². The van der Waals surface area contributed by atoms with Crippen molar-refractivity contribution in [3.63, 3.8) is 0 Å². The van der Waals surface area contributed by atoms with Gasteiger partial charge in [0.05, 0.1) is 12.3 Å². The third kappa shape index (κ3) is 5.84. The quantitative estimate of drug-likeness (QED) is 0.542. The van der Waals surface area contributed by atoms with Crippen LogP contribution in [0.1, 0.15) is 35.8 Å². The zero-order valence-corrected chi connectivity index (χ0v) is 17.3. The van der Waals surface area contributed by atoms with E-state index < -0.39 is 0 Å². The van der Waals surface area contributed by atoms with E-state index in [1.165, 1.54) is 24.0 Å². The number of nitrogens with one attached hydrogen (secondary N) is 2. The first kappa shape index (κ1) is 20.4. The molecule has 0 amide bonds. The fourth-order valence-electron chi connectivity index (χ4n) is 3.67. The first-order chi connectivity index (χ1) is 13.7. The number of benzene rings is 1. The van der Waals surface area contributed by atoms with Gasteiger partial charge in [-0.05, 0) is 63.3 Å². The Balaban J connectivity index is 1.52. The molecule has 1 unspecified atom stereocenters. The van der Waals surface area contributed by atoms with Crippen molar-refractivity contribution in [2.75, 3.05) is 40.8 Å². The summed E-state index contributed by atoms with van der Waals surface area (Å²) in [6, 6.07) is 13.0. The van der Waals surface area contributed by atoms with Crippen LogP contribution in [0.25, 0.3) is 0 Å². The molecule has 2 N–H and O–H groups in total. The van der Waals surface area contributed by atoms with Crippen molar-refractivity contribution in [3.8, 4) is 0 Å². The molecule has 0 saturated carbocycles. The smallest absolute Gasteiger partial charge is 0.191 e. The Morgan fingerprint density at radius 2 is 1.82 bits per heavy atom. The van der Waals surface area contributed by atoms with Gasteiger partial charge in [-0.2, -0.15) is 0 Å². The zero-order valence-electron chi connectivity index (χ0n) is 17.3. The highest BCUT2D eigenvalue weighted by Crippen LogP contribution is 2.24. The van der Waals surface area contributed by atoms with Crippen LogP contribution in [0.5, 0.6) is 0 Å². The molecule has 2 heterocycles. The van der Waals surface area contributed by atoms with Crippen molar-refractivity contribution >= 4 is 5.96 Å². The maximum Gasteiger partial charge on any atom is 0.191 e. The summed E-state index contributed by atoms with van der Waals surface area (Å²) >= 11 is 0. The molecule has 28 heavy (non-hydrogen) atoms. The van der Waals surface area contributed by atoms with Crippen LogP contribution in [-0.2, 0) is 13.1 Å². The summed E-state index contributed by atoms with van der Waals surface area (Å²) in [6.45, 7) is 4.73. The zero-order chi connectivity index (χ0) is 19.8. The van der Waals surface area contributed by atoms with Gasteiger partial charge in [0.2, 0.25) is 0 Å². The van der Waals surface area contributed by atoms with Gasteiger partial charge in [-0.25, -0.2) is 0 Å². The van der Waals surface area contributed by atoms with E-state index in [2.05, 4.69) is 69.9 Å². The van der Waals surface area contributed by atoms with Crippen LogP contribution in [0.15, 0.2) is 52.1 Å². The van der Waals surface area contributed by atoms with Crippen LogP contribution in [-0.4, -0.2) is 56.5 Å². The van der Waals surface area contributed by atoms with Gasteiger partial charge in [0, 0.05) is 26.7 Å². The number of nitrogens with zero attached hydrogens (tertiary/aromatic N) is 3. The molecule has 1 saturated heterocycles. The number of furan rings is 1. The summed E-state index contributed by atoms with van der Waals surface area (Å²) in [7, 11) is 5.99. The van der Waals surface area contributed by atoms with Gasteiger partial charge in [0.25, 0.3) is 0 Å². The second-order valence-corrected chi connectivity index (χ2v) is 7.64. The van der Waals surface area contributed by atoms with Gasteiger partial charge < -0.3 is 20.0 Å². The summed E-state index contributed by atoms with van der Waals surface area (Å²) < 4.78 is 5.70. The first-order valence-electron chi connectivity index (χ1n) is 10.1. The normalized spacial score (nSPS) is 16.5. The van der Waals surface area contributed by atoms with Crippen LogP contribution in [0.4, 0.5) is 0 Å². The Hall–Kier alpha value is -2.31. The number of hydrogen-bond acceptors (Lipinski definition) is 4. The molecular formula is C22H33N5O. The van der Waals surface area contributed by atoms with Gasteiger partial charge in [0.15, 0.2) is 5.96 Å². The Kier molecular flexibility index (Phi) is 7.51. The van der Waals surface area contributed by atoms with Gasteiger partial charge in [-0.1, -0.05) is 24.3 Å². The predicted octanol–water partition coefficient (Wildman–Crippen LogP) is 2.84. The second-order valence-electron chi connectivity index (χ2n) is 7.64. The standard InChI is InChI=1S/C22H33N5O/c1-23-22(24-15-18-8-10-19(11-9-18)17-26(2)3)25-16-20(21-7-6-14-28-21)27-12-4-5-13-27/h6-11,14,20H,4-5,12-13,15-17H2,1-3H3,(H2,23,24,25). The number of aliphatic imine (C=N–C) groups is 1. The summed E-state index contributed by atoms with van der Waals surface area (Å²) in [5.74, 6) is 1.83. The minimum atomic E-state index is 0.237. The fraction of sp³-hybridized carbons (Fsp3) is 0.500. The number of guanidine groups is 1. The summed E-state index contributed by atoms with van der Waals surface area (Å²) in [5, 5.41) is 6.89. The van der Waals surface area contributed by atoms with E-state index in [1.807, 2.05) is 13.1 Å². The van der Waals surface area contributed by atoms with E-state index in [4.69, 9.17) is 4.42 Å². The Morgan fingerprint density at radius 1 is 1.11 bits per heavy atom. The maximum atomic E-state index is 5.70. The molecule has 1 aliphatic rings. The predicted molar refractivity (Wildman–Crippen MR) is 114 cm³/mol. The number of hydrogen-bond donors (Lipinski definition) is 2. The molecule has 6 heteroatoms. The van der Waals surface area contributed by atoms with E-state index in [0.717, 1.165) is 44.4 Å². The lowest BCUT2D eigenvalue weighted by atomic mass is 10.1. The van der Waals surface area contributed by atoms with Gasteiger partial charge in [-0.3, -0.25) is 9.89 Å². The lowest BCUT2D eigenvalue weighted by molar-refractivity contribution is 0.215. The van der Waals surface area contributed by atoms with E-state index >= 15 is 0 Å². The van der Waals surface area contributed by atoms with Crippen molar-refractivity contribution in [1.29, 1.82) is 0 Å². The highest BCUT2D eigenvalue weighted by Gasteiger charge is 2.25. The maximum absolute atomic E-state index is 5.70.